The third kappa shape index (κ3) is 2.35. The zero-order valence-corrected chi connectivity index (χ0v) is 10.0. The quantitative estimate of drug-likeness (QED) is 0.780. The van der Waals surface area contributed by atoms with Gasteiger partial charge in [-0.1, -0.05) is 21.1 Å². The second-order valence-corrected chi connectivity index (χ2v) is 3.89. The molecule has 1 amide bonds. The minimum Gasteiger partial charge on any atom is -0.361 e. The van der Waals surface area contributed by atoms with Gasteiger partial charge >= 0.3 is 0 Å². The standard InChI is InChI=1S/C9H13BrN2O2/c1-6(5-10)12(3)9(13)8-4-7(2)14-11-8/h4,6H,5H2,1-3H3. The van der Waals surface area contributed by atoms with Gasteiger partial charge in [-0.25, -0.2) is 0 Å². The first-order valence-corrected chi connectivity index (χ1v) is 5.45. The fourth-order valence-electron chi connectivity index (χ4n) is 0.952. The van der Waals surface area contributed by atoms with Crippen LogP contribution in [0, 0.1) is 6.92 Å². The maximum Gasteiger partial charge on any atom is 0.276 e. The Kier molecular flexibility index (Phi) is 3.69. The summed E-state index contributed by atoms with van der Waals surface area (Å²) in [7, 11) is 1.75. The molecular formula is C9H13BrN2O2. The Bertz CT molecular complexity index is 324. The Morgan fingerprint density at radius 1 is 1.79 bits per heavy atom. The van der Waals surface area contributed by atoms with Crippen LogP contribution in [-0.4, -0.2) is 34.4 Å². The van der Waals surface area contributed by atoms with Gasteiger partial charge in [0, 0.05) is 24.5 Å². The van der Waals surface area contributed by atoms with Crippen LogP contribution in [0.5, 0.6) is 0 Å². The summed E-state index contributed by atoms with van der Waals surface area (Å²) in [6.45, 7) is 3.72. The van der Waals surface area contributed by atoms with Crippen LogP contribution in [0.3, 0.4) is 0 Å². The molecule has 0 spiro atoms. The number of halogens is 1. The second kappa shape index (κ2) is 4.59. The van der Waals surface area contributed by atoms with E-state index in [2.05, 4.69) is 21.1 Å². The number of alkyl halides is 1. The largest absolute Gasteiger partial charge is 0.361 e. The summed E-state index contributed by atoms with van der Waals surface area (Å²) in [5, 5.41) is 4.41. The Morgan fingerprint density at radius 2 is 2.43 bits per heavy atom. The highest BCUT2D eigenvalue weighted by molar-refractivity contribution is 9.09. The van der Waals surface area contributed by atoms with Crippen molar-refractivity contribution in [3.63, 3.8) is 0 Å². The highest BCUT2D eigenvalue weighted by Crippen LogP contribution is 2.08. The average Bonchev–Trinajstić information content (AvgIpc) is 2.61. The van der Waals surface area contributed by atoms with Gasteiger partial charge in [-0.15, -0.1) is 0 Å². The predicted molar refractivity (Wildman–Crippen MR) is 56.6 cm³/mol. The topological polar surface area (TPSA) is 46.3 Å². The van der Waals surface area contributed by atoms with E-state index in [1.807, 2.05) is 6.92 Å². The summed E-state index contributed by atoms with van der Waals surface area (Å²) in [6.07, 6.45) is 0. The van der Waals surface area contributed by atoms with E-state index in [9.17, 15) is 4.79 Å². The number of amides is 1. The predicted octanol–water partition coefficient (Wildman–Crippen LogP) is 1.84. The fraction of sp³-hybridized carbons (Fsp3) is 0.556. The minimum atomic E-state index is -0.117. The Labute approximate surface area is 91.4 Å². The summed E-state index contributed by atoms with van der Waals surface area (Å²) in [6, 6.07) is 1.78. The van der Waals surface area contributed by atoms with Crippen molar-refractivity contribution in [1.82, 2.24) is 10.1 Å². The van der Waals surface area contributed by atoms with Gasteiger partial charge in [0.05, 0.1) is 0 Å². The molecule has 14 heavy (non-hydrogen) atoms. The summed E-state index contributed by atoms with van der Waals surface area (Å²) >= 11 is 3.32. The van der Waals surface area contributed by atoms with Crippen LogP contribution in [0.15, 0.2) is 10.6 Å². The van der Waals surface area contributed by atoms with Gasteiger partial charge in [-0.2, -0.15) is 0 Å². The molecule has 1 unspecified atom stereocenters. The van der Waals surface area contributed by atoms with Gasteiger partial charge in [0.2, 0.25) is 0 Å². The molecule has 0 aliphatic heterocycles. The third-order valence-corrected chi connectivity index (χ3v) is 2.99. The van der Waals surface area contributed by atoms with Crippen molar-refractivity contribution < 1.29 is 9.32 Å². The molecule has 0 saturated carbocycles. The van der Waals surface area contributed by atoms with Gasteiger partial charge in [-0.3, -0.25) is 4.79 Å². The van der Waals surface area contributed by atoms with Crippen molar-refractivity contribution in [2.75, 3.05) is 12.4 Å². The zero-order valence-electron chi connectivity index (χ0n) is 8.45. The molecule has 0 bridgehead atoms. The molecule has 1 aromatic heterocycles. The van der Waals surface area contributed by atoms with Gasteiger partial charge in [0.1, 0.15) is 5.76 Å². The summed E-state index contributed by atoms with van der Waals surface area (Å²) in [4.78, 5) is 13.4. The summed E-state index contributed by atoms with van der Waals surface area (Å²) in [5.74, 6) is 0.530. The normalized spacial score (nSPS) is 12.6. The molecule has 0 fully saturated rings. The molecule has 1 rings (SSSR count). The zero-order chi connectivity index (χ0) is 10.7. The number of nitrogens with zero attached hydrogens (tertiary/aromatic N) is 2. The number of aryl methyl sites for hydroxylation is 1. The van der Waals surface area contributed by atoms with E-state index in [4.69, 9.17) is 4.52 Å². The lowest BCUT2D eigenvalue weighted by Gasteiger charge is -2.21. The molecule has 0 aliphatic rings. The average molecular weight is 261 g/mol. The van der Waals surface area contributed by atoms with Crippen molar-refractivity contribution >= 4 is 21.8 Å². The Balaban J connectivity index is 2.75. The molecule has 4 nitrogen and oxygen atoms in total. The van der Waals surface area contributed by atoms with E-state index >= 15 is 0 Å². The maximum absolute atomic E-state index is 11.7. The number of rotatable bonds is 3. The number of carbonyl (C=O) groups excluding carboxylic acids is 1. The molecule has 0 aliphatic carbocycles. The molecule has 1 heterocycles. The molecule has 78 valence electrons. The number of hydrogen-bond acceptors (Lipinski definition) is 3. The highest BCUT2D eigenvalue weighted by atomic mass is 79.9. The highest BCUT2D eigenvalue weighted by Gasteiger charge is 2.19. The van der Waals surface area contributed by atoms with E-state index < -0.39 is 0 Å². The molecular weight excluding hydrogens is 248 g/mol. The molecule has 5 heteroatoms. The Morgan fingerprint density at radius 3 is 2.86 bits per heavy atom. The van der Waals surface area contributed by atoms with Crippen molar-refractivity contribution in [3.05, 3.63) is 17.5 Å². The molecule has 1 atom stereocenters. The lowest BCUT2D eigenvalue weighted by molar-refractivity contribution is 0.0747. The second-order valence-electron chi connectivity index (χ2n) is 3.24. The van der Waals surface area contributed by atoms with Crippen molar-refractivity contribution in [3.8, 4) is 0 Å². The van der Waals surface area contributed by atoms with E-state index in [1.54, 1.807) is 24.9 Å². The first-order chi connectivity index (χ1) is 6.56. The van der Waals surface area contributed by atoms with Gasteiger partial charge < -0.3 is 9.42 Å². The van der Waals surface area contributed by atoms with Crippen LogP contribution in [0.4, 0.5) is 0 Å². The van der Waals surface area contributed by atoms with Gasteiger partial charge in [0.15, 0.2) is 5.69 Å². The number of carbonyl (C=O) groups is 1. The van der Waals surface area contributed by atoms with Crippen LogP contribution >= 0.6 is 15.9 Å². The first-order valence-electron chi connectivity index (χ1n) is 4.32. The van der Waals surface area contributed by atoms with Crippen LogP contribution in [0.2, 0.25) is 0 Å². The van der Waals surface area contributed by atoms with E-state index in [0.717, 1.165) is 5.33 Å². The molecule has 0 saturated heterocycles. The molecule has 0 aromatic carbocycles. The van der Waals surface area contributed by atoms with Gasteiger partial charge in [-0.05, 0) is 13.8 Å². The van der Waals surface area contributed by atoms with Crippen molar-refractivity contribution in [1.29, 1.82) is 0 Å². The van der Waals surface area contributed by atoms with Crippen molar-refractivity contribution in [2.45, 2.75) is 19.9 Å². The van der Waals surface area contributed by atoms with Crippen LogP contribution in [-0.2, 0) is 0 Å². The summed E-state index contributed by atoms with van der Waals surface area (Å²) < 4.78 is 4.84. The lowest BCUT2D eigenvalue weighted by Crippen LogP contribution is -2.36. The minimum absolute atomic E-state index is 0.117. The SMILES string of the molecule is Cc1cc(C(=O)N(C)C(C)CBr)no1. The summed E-state index contributed by atoms with van der Waals surface area (Å²) in [5.41, 5.74) is 0.359. The third-order valence-electron chi connectivity index (χ3n) is 2.05. The molecule has 1 aromatic rings. The van der Waals surface area contributed by atoms with E-state index in [1.165, 1.54) is 0 Å². The number of aromatic nitrogens is 1. The fourth-order valence-corrected chi connectivity index (χ4v) is 1.39. The van der Waals surface area contributed by atoms with Crippen molar-refractivity contribution in [2.24, 2.45) is 0 Å². The maximum atomic E-state index is 11.7. The monoisotopic (exact) mass is 260 g/mol. The smallest absolute Gasteiger partial charge is 0.276 e. The first kappa shape index (κ1) is 11.2. The van der Waals surface area contributed by atoms with E-state index in [-0.39, 0.29) is 11.9 Å². The Hall–Kier alpha value is -0.840. The molecule has 0 radical (unpaired) electrons. The van der Waals surface area contributed by atoms with Crippen LogP contribution in [0.25, 0.3) is 0 Å². The van der Waals surface area contributed by atoms with E-state index in [0.29, 0.717) is 11.5 Å². The number of hydrogen-bond donors (Lipinski definition) is 0. The van der Waals surface area contributed by atoms with Crippen LogP contribution in [0.1, 0.15) is 23.2 Å². The van der Waals surface area contributed by atoms with Gasteiger partial charge in [0.25, 0.3) is 5.91 Å². The van der Waals surface area contributed by atoms with Crippen LogP contribution < -0.4 is 0 Å². The molecule has 0 N–H and O–H groups in total. The lowest BCUT2D eigenvalue weighted by atomic mass is 10.3.